The van der Waals surface area contributed by atoms with Gasteiger partial charge in [-0.05, 0) is 42.8 Å². The number of aryl methyl sites for hydroxylation is 1. The van der Waals surface area contributed by atoms with Crippen LogP contribution >= 0.6 is 0 Å². The quantitative estimate of drug-likeness (QED) is 0.554. The number of furan rings is 1. The number of nitrogens with two attached hydrogens (primary N) is 1. The average molecular weight is 274 g/mol. The zero-order valence-corrected chi connectivity index (χ0v) is 11.6. The maximum atomic E-state index is 6.10. The highest BCUT2D eigenvalue weighted by Crippen LogP contribution is 2.33. The molecule has 0 fully saturated rings. The largest absolute Gasteiger partial charge is 0.456 e. The van der Waals surface area contributed by atoms with E-state index in [-0.39, 0.29) is 0 Å². The van der Waals surface area contributed by atoms with Crippen LogP contribution in [0.3, 0.4) is 0 Å². The lowest BCUT2D eigenvalue weighted by atomic mass is 10.1. The lowest BCUT2D eigenvalue weighted by Gasteiger charge is -2.05. The van der Waals surface area contributed by atoms with E-state index in [1.165, 1.54) is 0 Å². The summed E-state index contributed by atoms with van der Waals surface area (Å²) in [5.74, 6) is 0. The molecule has 3 nitrogen and oxygen atoms in total. The van der Waals surface area contributed by atoms with Crippen molar-refractivity contribution in [2.24, 2.45) is 0 Å². The fourth-order valence-electron chi connectivity index (χ4n) is 2.71. The first-order valence-electron chi connectivity index (χ1n) is 6.86. The van der Waals surface area contributed by atoms with Crippen molar-refractivity contribution in [3.63, 3.8) is 0 Å². The van der Waals surface area contributed by atoms with Gasteiger partial charge in [0.05, 0.1) is 11.4 Å². The van der Waals surface area contributed by atoms with Crippen molar-refractivity contribution >= 4 is 27.6 Å². The number of benzene rings is 2. The number of rotatable bonds is 1. The first-order chi connectivity index (χ1) is 10.2. The highest BCUT2D eigenvalue weighted by molar-refractivity contribution is 6.06. The van der Waals surface area contributed by atoms with Crippen molar-refractivity contribution in [1.82, 2.24) is 4.98 Å². The molecule has 4 aromatic rings. The summed E-state index contributed by atoms with van der Waals surface area (Å²) in [7, 11) is 0. The number of hydrogen-bond donors (Lipinski definition) is 1. The molecule has 0 aliphatic heterocycles. The van der Waals surface area contributed by atoms with Gasteiger partial charge in [0, 0.05) is 22.5 Å². The molecule has 2 heterocycles. The van der Waals surface area contributed by atoms with Crippen LogP contribution < -0.4 is 5.73 Å². The zero-order chi connectivity index (χ0) is 14.4. The van der Waals surface area contributed by atoms with Crippen LogP contribution in [0.4, 0.5) is 5.69 Å². The topological polar surface area (TPSA) is 52.0 Å². The van der Waals surface area contributed by atoms with Gasteiger partial charge in [-0.3, -0.25) is 4.98 Å². The van der Waals surface area contributed by atoms with E-state index < -0.39 is 0 Å². The molecule has 0 saturated heterocycles. The number of fused-ring (bicyclic) bond motifs is 3. The third-order valence-corrected chi connectivity index (χ3v) is 3.70. The molecular weight excluding hydrogens is 260 g/mol. The second-order valence-electron chi connectivity index (χ2n) is 5.26. The molecule has 0 aliphatic rings. The van der Waals surface area contributed by atoms with Gasteiger partial charge in [-0.25, -0.2) is 0 Å². The Hall–Kier alpha value is -2.81. The molecule has 0 saturated carbocycles. The fourth-order valence-corrected chi connectivity index (χ4v) is 2.71. The lowest BCUT2D eigenvalue weighted by molar-refractivity contribution is 0.669. The van der Waals surface area contributed by atoms with E-state index in [2.05, 4.69) is 17.1 Å². The molecular formula is C18H14N2O. The van der Waals surface area contributed by atoms with Crippen LogP contribution in [-0.4, -0.2) is 4.98 Å². The van der Waals surface area contributed by atoms with E-state index in [1.54, 1.807) is 0 Å². The van der Waals surface area contributed by atoms with Gasteiger partial charge in [0.1, 0.15) is 11.2 Å². The molecule has 0 spiro atoms. The number of pyridine rings is 1. The highest BCUT2D eigenvalue weighted by atomic mass is 16.3. The van der Waals surface area contributed by atoms with Crippen molar-refractivity contribution in [3.8, 4) is 11.3 Å². The molecule has 3 heteroatoms. The lowest BCUT2D eigenvalue weighted by Crippen LogP contribution is -1.94. The van der Waals surface area contributed by atoms with Gasteiger partial charge in [-0.2, -0.15) is 0 Å². The molecule has 0 aliphatic carbocycles. The Labute approximate surface area is 122 Å². The van der Waals surface area contributed by atoms with Gasteiger partial charge in [-0.15, -0.1) is 0 Å². The minimum atomic E-state index is 0.696. The monoisotopic (exact) mass is 274 g/mol. The Morgan fingerprint density at radius 2 is 1.76 bits per heavy atom. The first-order valence-corrected chi connectivity index (χ1v) is 6.86. The van der Waals surface area contributed by atoms with Crippen molar-refractivity contribution < 1.29 is 4.42 Å². The number of nitrogen functional groups attached to an aromatic ring is 1. The fraction of sp³-hybridized carbons (Fsp3) is 0.0556. The molecule has 0 atom stereocenters. The number of hydrogen-bond acceptors (Lipinski definition) is 3. The molecule has 21 heavy (non-hydrogen) atoms. The van der Waals surface area contributed by atoms with Gasteiger partial charge in [0.15, 0.2) is 0 Å². The summed E-state index contributed by atoms with van der Waals surface area (Å²) in [6.45, 7) is 1.99. The summed E-state index contributed by atoms with van der Waals surface area (Å²) in [6.07, 6.45) is 1.84. The minimum absolute atomic E-state index is 0.696. The predicted molar refractivity (Wildman–Crippen MR) is 86.1 cm³/mol. The SMILES string of the molecule is Cc1cnc(-c2ccc3oc4ccccc4c3c2)c(N)c1. The van der Waals surface area contributed by atoms with Crippen LogP contribution in [0.1, 0.15) is 5.56 Å². The third-order valence-electron chi connectivity index (χ3n) is 3.70. The van der Waals surface area contributed by atoms with E-state index in [0.29, 0.717) is 5.69 Å². The van der Waals surface area contributed by atoms with E-state index in [9.17, 15) is 0 Å². The van der Waals surface area contributed by atoms with Crippen molar-refractivity contribution in [2.75, 3.05) is 5.73 Å². The summed E-state index contributed by atoms with van der Waals surface area (Å²) in [5.41, 5.74) is 11.5. The molecule has 4 rings (SSSR count). The molecule has 2 N–H and O–H groups in total. The zero-order valence-electron chi connectivity index (χ0n) is 11.6. The first kappa shape index (κ1) is 12.0. The summed E-state index contributed by atoms with van der Waals surface area (Å²) < 4.78 is 5.84. The number of aromatic nitrogens is 1. The average Bonchev–Trinajstić information content (AvgIpc) is 2.85. The number of para-hydroxylation sites is 1. The number of anilines is 1. The van der Waals surface area contributed by atoms with E-state index in [1.807, 2.05) is 49.5 Å². The molecule has 0 unspecified atom stereocenters. The summed E-state index contributed by atoms with van der Waals surface area (Å²) in [5, 5.41) is 2.20. The normalized spacial score (nSPS) is 11.3. The van der Waals surface area contributed by atoms with Crippen molar-refractivity contribution in [2.45, 2.75) is 6.92 Å². The summed E-state index contributed by atoms with van der Waals surface area (Å²) >= 11 is 0. The van der Waals surface area contributed by atoms with Gasteiger partial charge in [0.25, 0.3) is 0 Å². The Kier molecular flexibility index (Phi) is 2.48. The third kappa shape index (κ3) is 1.86. The van der Waals surface area contributed by atoms with E-state index in [4.69, 9.17) is 10.2 Å². The van der Waals surface area contributed by atoms with Crippen LogP contribution in [0, 0.1) is 6.92 Å². The summed E-state index contributed by atoms with van der Waals surface area (Å²) in [6, 6.07) is 16.1. The van der Waals surface area contributed by atoms with Gasteiger partial charge >= 0.3 is 0 Å². The van der Waals surface area contributed by atoms with Crippen molar-refractivity contribution in [3.05, 3.63) is 60.3 Å². The van der Waals surface area contributed by atoms with Crippen molar-refractivity contribution in [1.29, 1.82) is 0 Å². The maximum Gasteiger partial charge on any atom is 0.135 e. The second kappa shape index (κ2) is 4.35. The molecule has 2 aromatic heterocycles. The summed E-state index contributed by atoms with van der Waals surface area (Å²) in [4.78, 5) is 4.46. The Bertz CT molecular complexity index is 969. The van der Waals surface area contributed by atoms with Gasteiger partial charge in [-0.1, -0.05) is 18.2 Å². The van der Waals surface area contributed by atoms with Crippen LogP contribution in [0.5, 0.6) is 0 Å². The second-order valence-corrected chi connectivity index (χ2v) is 5.26. The highest BCUT2D eigenvalue weighted by Gasteiger charge is 2.10. The molecule has 102 valence electrons. The Balaban J connectivity index is 1.99. The van der Waals surface area contributed by atoms with E-state index >= 15 is 0 Å². The van der Waals surface area contributed by atoms with Crippen LogP contribution in [0.25, 0.3) is 33.2 Å². The minimum Gasteiger partial charge on any atom is -0.456 e. The Morgan fingerprint density at radius 1 is 0.952 bits per heavy atom. The van der Waals surface area contributed by atoms with E-state index in [0.717, 1.165) is 38.8 Å². The van der Waals surface area contributed by atoms with Gasteiger partial charge < -0.3 is 10.2 Å². The predicted octanol–water partition coefficient (Wildman–Crippen LogP) is 4.54. The maximum absolute atomic E-state index is 6.10. The molecule has 0 bridgehead atoms. The van der Waals surface area contributed by atoms with Gasteiger partial charge in [0.2, 0.25) is 0 Å². The molecule has 2 aromatic carbocycles. The number of nitrogens with zero attached hydrogens (tertiary/aromatic N) is 1. The molecule has 0 amide bonds. The molecule has 0 radical (unpaired) electrons. The smallest absolute Gasteiger partial charge is 0.135 e. The van der Waals surface area contributed by atoms with Crippen LogP contribution in [-0.2, 0) is 0 Å². The standard InChI is InChI=1S/C18H14N2O/c1-11-8-15(19)18(20-10-11)12-6-7-17-14(9-12)13-4-2-3-5-16(13)21-17/h2-10H,19H2,1H3. The van der Waals surface area contributed by atoms with Crippen LogP contribution in [0.15, 0.2) is 59.1 Å². The van der Waals surface area contributed by atoms with Crippen LogP contribution in [0.2, 0.25) is 0 Å². The Morgan fingerprint density at radius 3 is 2.62 bits per heavy atom.